The molecule has 186 valence electrons. The van der Waals surface area contributed by atoms with Crippen molar-refractivity contribution in [1.29, 1.82) is 0 Å². The molecular formula is C30H39N3O2. The molecule has 0 aromatic heterocycles. The number of ether oxygens (including phenoxy) is 2. The van der Waals surface area contributed by atoms with Crippen molar-refractivity contribution in [3.8, 4) is 0 Å². The summed E-state index contributed by atoms with van der Waals surface area (Å²) in [4.78, 5) is 2.62. The van der Waals surface area contributed by atoms with Crippen molar-refractivity contribution < 1.29 is 9.47 Å². The maximum atomic E-state index is 6.25. The van der Waals surface area contributed by atoms with Crippen molar-refractivity contribution in [2.75, 3.05) is 51.2 Å². The number of likely N-dealkylation sites (tertiary alicyclic amines) is 1. The number of hydrogen-bond donors (Lipinski definition) is 0. The van der Waals surface area contributed by atoms with Crippen molar-refractivity contribution in [3.05, 3.63) is 78.4 Å². The molecule has 0 bridgehead atoms. The van der Waals surface area contributed by atoms with Crippen molar-refractivity contribution in [2.24, 2.45) is 0 Å². The molecule has 5 heteroatoms. The lowest BCUT2D eigenvalue weighted by atomic mass is 9.86. The number of fused-ring (bicyclic) bond motifs is 1. The molecule has 2 heterocycles. The van der Waals surface area contributed by atoms with Crippen LogP contribution in [0.15, 0.2) is 72.8 Å². The molecule has 2 saturated heterocycles. The highest BCUT2D eigenvalue weighted by atomic mass is 16.5. The lowest BCUT2D eigenvalue weighted by Crippen LogP contribution is -2.67. The van der Waals surface area contributed by atoms with E-state index in [4.69, 9.17) is 9.47 Å². The molecule has 0 aliphatic carbocycles. The van der Waals surface area contributed by atoms with E-state index in [2.05, 4.69) is 94.6 Å². The second-order valence-electron chi connectivity index (χ2n) is 9.90. The van der Waals surface area contributed by atoms with Gasteiger partial charge in [0, 0.05) is 39.4 Å². The second kappa shape index (κ2) is 11.5. The molecule has 3 aromatic carbocycles. The first-order valence-electron chi connectivity index (χ1n) is 13.2. The van der Waals surface area contributed by atoms with Gasteiger partial charge in [0.25, 0.3) is 0 Å². The van der Waals surface area contributed by atoms with E-state index in [0.29, 0.717) is 6.73 Å². The van der Waals surface area contributed by atoms with Gasteiger partial charge < -0.3 is 9.47 Å². The molecular weight excluding hydrogens is 434 g/mol. The van der Waals surface area contributed by atoms with Gasteiger partial charge in [0.15, 0.2) is 0 Å². The van der Waals surface area contributed by atoms with Crippen LogP contribution >= 0.6 is 0 Å². The summed E-state index contributed by atoms with van der Waals surface area (Å²) in [5.41, 5.74) is 2.72. The van der Waals surface area contributed by atoms with Gasteiger partial charge in [-0.15, -0.1) is 0 Å². The Morgan fingerprint density at radius 3 is 2.49 bits per heavy atom. The summed E-state index contributed by atoms with van der Waals surface area (Å²) < 4.78 is 11.8. The Hall–Kier alpha value is -2.44. The lowest BCUT2D eigenvalue weighted by molar-refractivity contribution is -0.0900. The summed E-state index contributed by atoms with van der Waals surface area (Å²) in [6, 6.07) is 26.4. The van der Waals surface area contributed by atoms with Crippen LogP contribution in [0.1, 0.15) is 38.2 Å². The summed E-state index contributed by atoms with van der Waals surface area (Å²) in [6.45, 7) is 9.29. The number of benzene rings is 3. The first kappa shape index (κ1) is 24.3. The second-order valence-corrected chi connectivity index (χ2v) is 9.90. The Morgan fingerprint density at radius 1 is 0.886 bits per heavy atom. The number of hydrazine groups is 1. The van der Waals surface area contributed by atoms with E-state index in [-0.39, 0.29) is 5.54 Å². The maximum Gasteiger partial charge on any atom is 0.116 e. The zero-order chi connectivity index (χ0) is 23.9. The van der Waals surface area contributed by atoms with Gasteiger partial charge in [0.1, 0.15) is 6.73 Å². The molecule has 0 amide bonds. The molecule has 0 N–H and O–H groups in total. The van der Waals surface area contributed by atoms with Gasteiger partial charge in [-0.05, 0) is 61.1 Å². The fourth-order valence-corrected chi connectivity index (χ4v) is 5.73. The SMILES string of the molecule is CCOCCCCN1COCC2(CCN(Cc3cccc4ccccc34)CC2)N1c1ccccc1. The fraction of sp³-hybridized carbons (Fsp3) is 0.467. The molecule has 5 nitrogen and oxygen atoms in total. The number of piperidine rings is 1. The van der Waals surface area contributed by atoms with Gasteiger partial charge in [0.2, 0.25) is 0 Å². The van der Waals surface area contributed by atoms with E-state index in [1.165, 1.54) is 22.0 Å². The number of anilines is 1. The molecule has 35 heavy (non-hydrogen) atoms. The van der Waals surface area contributed by atoms with Crippen LogP contribution in [0.5, 0.6) is 0 Å². The molecule has 5 rings (SSSR count). The van der Waals surface area contributed by atoms with Gasteiger partial charge in [-0.25, -0.2) is 0 Å². The van der Waals surface area contributed by atoms with Crippen LogP contribution in [0.4, 0.5) is 5.69 Å². The van der Waals surface area contributed by atoms with E-state index < -0.39 is 0 Å². The monoisotopic (exact) mass is 473 g/mol. The predicted octanol–water partition coefficient (Wildman–Crippen LogP) is 5.70. The topological polar surface area (TPSA) is 28.2 Å². The molecule has 0 saturated carbocycles. The Kier molecular flexibility index (Phi) is 7.99. The van der Waals surface area contributed by atoms with Gasteiger partial charge in [-0.2, -0.15) is 5.01 Å². The van der Waals surface area contributed by atoms with Crippen LogP contribution in [-0.2, 0) is 16.0 Å². The van der Waals surface area contributed by atoms with E-state index in [9.17, 15) is 0 Å². The Bertz CT molecular complexity index is 1060. The highest BCUT2D eigenvalue weighted by Crippen LogP contribution is 2.38. The first-order valence-corrected chi connectivity index (χ1v) is 13.2. The third kappa shape index (κ3) is 5.54. The van der Waals surface area contributed by atoms with E-state index in [1.54, 1.807) is 0 Å². The summed E-state index contributed by atoms with van der Waals surface area (Å²) in [7, 11) is 0. The normalized spacial score (nSPS) is 18.9. The average molecular weight is 474 g/mol. The minimum Gasteiger partial charge on any atom is -0.382 e. The molecule has 0 atom stereocenters. The molecule has 1 spiro atoms. The Labute approximate surface area is 210 Å². The summed E-state index contributed by atoms with van der Waals surface area (Å²) in [6.07, 6.45) is 4.39. The number of rotatable bonds is 9. The van der Waals surface area contributed by atoms with Gasteiger partial charge in [-0.1, -0.05) is 60.7 Å². The minimum atomic E-state index is 0.00871. The average Bonchev–Trinajstić information content (AvgIpc) is 2.91. The van der Waals surface area contributed by atoms with Gasteiger partial charge >= 0.3 is 0 Å². The number of para-hydroxylation sites is 1. The minimum absolute atomic E-state index is 0.00871. The van der Waals surface area contributed by atoms with Crippen molar-refractivity contribution in [1.82, 2.24) is 9.91 Å². The van der Waals surface area contributed by atoms with Crippen LogP contribution in [0.2, 0.25) is 0 Å². The Balaban J connectivity index is 1.29. The smallest absolute Gasteiger partial charge is 0.116 e. The van der Waals surface area contributed by atoms with E-state index in [1.807, 2.05) is 0 Å². The maximum absolute atomic E-state index is 6.25. The largest absolute Gasteiger partial charge is 0.382 e. The summed E-state index contributed by atoms with van der Waals surface area (Å²) >= 11 is 0. The van der Waals surface area contributed by atoms with E-state index >= 15 is 0 Å². The highest BCUT2D eigenvalue weighted by Gasteiger charge is 2.45. The highest BCUT2D eigenvalue weighted by molar-refractivity contribution is 5.85. The van der Waals surface area contributed by atoms with Crippen LogP contribution in [0, 0.1) is 0 Å². The molecule has 2 aliphatic heterocycles. The van der Waals surface area contributed by atoms with Crippen LogP contribution < -0.4 is 5.01 Å². The van der Waals surface area contributed by atoms with Crippen LogP contribution in [-0.4, -0.2) is 61.6 Å². The van der Waals surface area contributed by atoms with Gasteiger partial charge in [0.05, 0.1) is 17.8 Å². The molecule has 3 aromatic rings. The third-order valence-electron chi connectivity index (χ3n) is 7.56. The van der Waals surface area contributed by atoms with Crippen LogP contribution in [0.3, 0.4) is 0 Å². The number of unbranched alkanes of at least 4 members (excludes halogenated alkanes) is 1. The van der Waals surface area contributed by atoms with Crippen LogP contribution in [0.25, 0.3) is 10.8 Å². The zero-order valence-electron chi connectivity index (χ0n) is 21.1. The van der Waals surface area contributed by atoms with Crippen molar-refractivity contribution >= 4 is 16.5 Å². The van der Waals surface area contributed by atoms with E-state index in [0.717, 1.165) is 71.7 Å². The third-order valence-corrected chi connectivity index (χ3v) is 7.56. The zero-order valence-corrected chi connectivity index (χ0v) is 21.1. The van der Waals surface area contributed by atoms with Crippen molar-refractivity contribution in [3.63, 3.8) is 0 Å². The van der Waals surface area contributed by atoms with Gasteiger partial charge in [-0.3, -0.25) is 9.91 Å². The Morgan fingerprint density at radius 2 is 1.66 bits per heavy atom. The quantitative estimate of drug-likeness (QED) is 0.372. The molecule has 2 aliphatic rings. The summed E-state index contributed by atoms with van der Waals surface area (Å²) in [5.74, 6) is 0. The number of hydrogen-bond acceptors (Lipinski definition) is 5. The van der Waals surface area contributed by atoms with Crippen molar-refractivity contribution in [2.45, 2.75) is 44.7 Å². The molecule has 0 radical (unpaired) electrons. The summed E-state index contributed by atoms with van der Waals surface area (Å²) in [5, 5.41) is 7.73. The predicted molar refractivity (Wildman–Crippen MR) is 143 cm³/mol. The standard InChI is InChI=1S/C30H39N3O2/c1-2-34-22-9-8-19-32-25-35-24-30(33(32)28-14-4-3-5-15-28)17-20-31(21-18-30)23-27-13-10-12-26-11-6-7-16-29(26)27/h3-7,10-16H,2,8-9,17-25H2,1H3. The molecule has 0 unspecified atom stereocenters. The number of nitrogens with zero attached hydrogens (tertiary/aromatic N) is 3. The molecule has 2 fully saturated rings. The first-order chi connectivity index (χ1) is 17.3. The lowest BCUT2D eigenvalue weighted by Gasteiger charge is -2.56. The fourth-order valence-electron chi connectivity index (χ4n) is 5.73.